The number of nitrogens with zero attached hydrogens (tertiary/aromatic N) is 2. The molecule has 2 aliphatic rings. The normalized spacial score (nSPS) is 22.1. The fraction of sp³-hybridized carbons (Fsp3) is 0.500. The van der Waals surface area contributed by atoms with Crippen molar-refractivity contribution in [3.63, 3.8) is 0 Å². The first kappa shape index (κ1) is 14.1. The molecule has 1 atom stereocenters. The van der Waals surface area contributed by atoms with Crippen molar-refractivity contribution in [3.05, 3.63) is 29.3 Å². The van der Waals surface area contributed by atoms with Crippen molar-refractivity contribution in [1.29, 1.82) is 0 Å². The van der Waals surface area contributed by atoms with E-state index in [9.17, 15) is 9.59 Å². The minimum Gasteiger partial charge on any atom is -0.478 e. The summed E-state index contributed by atoms with van der Waals surface area (Å²) < 4.78 is 0. The quantitative estimate of drug-likeness (QED) is 0.898. The summed E-state index contributed by atoms with van der Waals surface area (Å²) in [6, 6.07) is 5.08. The molecule has 0 radical (unpaired) electrons. The molecule has 1 aromatic rings. The smallest absolute Gasteiger partial charge is 0.335 e. The van der Waals surface area contributed by atoms with Gasteiger partial charge in [0.05, 0.1) is 11.5 Å². The van der Waals surface area contributed by atoms with Gasteiger partial charge in [-0.25, -0.2) is 4.79 Å². The van der Waals surface area contributed by atoms with Crippen LogP contribution in [-0.4, -0.2) is 48.6 Å². The summed E-state index contributed by atoms with van der Waals surface area (Å²) in [7, 11) is 2.04. The van der Waals surface area contributed by atoms with Crippen LogP contribution in [0.3, 0.4) is 0 Å². The van der Waals surface area contributed by atoms with Crippen molar-refractivity contribution in [1.82, 2.24) is 4.90 Å². The maximum Gasteiger partial charge on any atom is 0.335 e. The lowest BCUT2D eigenvalue weighted by Crippen LogP contribution is -2.40. The summed E-state index contributed by atoms with van der Waals surface area (Å²) >= 11 is 0. The third-order valence-corrected chi connectivity index (χ3v) is 4.45. The van der Waals surface area contributed by atoms with Crippen LogP contribution in [-0.2, 0) is 11.2 Å². The minimum absolute atomic E-state index is 0.0695. The van der Waals surface area contributed by atoms with E-state index in [-0.39, 0.29) is 11.8 Å². The second kappa shape index (κ2) is 5.48. The number of amides is 1. The molecule has 0 spiro atoms. The summed E-state index contributed by atoms with van der Waals surface area (Å²) in [6.45, 7) is 2.52. The van der Waals surface area contributed by atoms with Crippen molar-refractivity contribution >= 4 is 17.6 Å². The van der Waals surface area contributed by atoms with Crippen molar-refractivity contribution in [2.75, 3.05) is 31.6 Å². The molecule has 0 aromatic heterocycles. The Kier molecular flexibility index (Phi) is 3.68. The number of hydrogen-bond donors (Lipinski definition) is 1. The van der Waals surface area contributed by atoms with Crippen LogP contribution in [0.15, 0.2) is 18.2 Å². The van der Waals surface area contributed by atoms with E-state index in [1.54, 1.807) is 18.2 Å². The highest BCUT2D eigenvalue weighted by molar-refractivity contribution is 5.97. The second-order valence-electron chi connectivity index (χ2n) is 5.99. The van der Waals surface area contributed by atoms with E-state index >= 15 is 0 Å². The first-order valence-electron chi connectivity index (χ1n) is 7.42. The van der Waals surface area contributed by atoms with Gasteiger partial charge >= 0.3 is 5.97 Å². The molecule has 1 unspecified atom stereocenters. The second-order valence-corrected chi connectivity index (χ2v) is 5.99. The van der Waals surface area contributed by atoms with E-state index in [1.807, 2.05) is 11.9 Å². The Hall–Kier alpha value is -1.88. The van der Waals surface area contributed by atoms with Crippen LogP contribution >= 0.6 is 0 Å². The Labute approximate surface area is 124 Å². The van der Waals surface area contributed by atoms with Gasteiger partial charge in [0.1, 0.15) is 0 Å². The lowest BCUT2D eigenvalue weighted by molar-refractivity contribution is -0.122. The molecular weight excluding hydrogens is 268 g/mol. The van der Waals surface area contributed by atoms with E-state index < -0.39 is 5.97 Å². The highest BCUT2D eigenvalue weighted by atomic mass is 16.4. The SMILES string of the molecule is CN1CCC(C(=O)N2CCCc3cc(C(=O)O)ccc32)C1. The Morgan fingerprint density at radius 3 is 2.76 bits per heavy atom. The van der Waals surface area contributed by atoms with Gasteiger partial charge in [-0.05, 0) is 56.6 Å². The van der Waals surface area contributed by atoms with Gasteiger partial charge in [0, 0.05) is 18.8 Å². The van der Waals surface area contributed by atoms with E-state index in [1.165, 1.54) is 0 Å². The average Bonchev–Trinajstić information content (AvgIpc) is 2.91. The van der Waals surface area contributed by atoms with Crippen molar-refractivity contribution < 1.29 is 14.7 Å². The number of fused-ring (bicyclic) bond motifs is 1. The zero-order chi connectivity index (χ0) is 15.0. The number of carbonyl (C=O) groups is 2. The average molecular weight is 288 g/mol. The summed E-state index contributed by atoms with van der Waals surface area (Å²) in [5, 5.41) is 9.08. The maximum absolute atomic E-state index is 12.7. The van der Waals surface area contributed by atoms with Crippen molar-refractivity contribution in [3.8, 4) is 0 Å². The van der Waals surface area contributed by atoms with Crippen LogP contribution in [0.2, 0.25) is 0 Å². The number of rotatable bonds is 2. The molecular formula is C16H20N2O3. The number of anilines is 1. The zero-order valence-electron chi connectivity index (χ0n) is 12.2. The number of carboxylic acids is 1. The molecule has 1 N–H and O–H groups in total. The van der Waals surface area contributed by atoms with Gasteiger partial charge < -0.3 is 14.9 Å². The fourth-order valence-corrected chi connectivity index (χ4v) is 3.32. The molecule has 1 fully saturated rings. The molecule has 3 rings (SSSR count). The molecule has 0 bridgehead atoms. The molecule has 2 aliphatic heterocycles. The highest BCUT2D eigenvalue weighted by Gasteiger charge is 2.32. The largest absolute Gasteiger partial charge is 0.478 e. The Balaban J connectivity index is 1.86. The van der Waals surface area contributed by atoms with E-state index in [4.69, 9.17) is 5.11 Å². The van der Waals surface area contributed by atoms with E-state index in [0.717, 1.165) is 50.1 Å². The first-order valence-corrected chi connectivity index (χ1v) is 7.42. The van der Waals surface area contributed by atoms with Gasteiger partial charge in [0.15, 0.2) is 0 Å². The van der Waals surface area contributed by atoms with E-state index in [0.29, 0.717) is 5.56 Å². The Morgan fingerprint density at radius 1 is 1.29 bits per heavy atom. The van der Waals surface area contributed by atoms with Crippen molar-refractivity contribution in [2.24, 2.45) is 5.92 Å². The number of aromatic carboxylic acids is 1. The number of aryl methyl sites for hydroxylation is 1. The van der Waals surface area contributed by atoms with Crippen molar-refractivity contribution in [2.45, 2.75) is 19.3 Å². The summed E-state index contributed by atoms with van der Waals surface area (Å²) in [6.07, 6.45) is 2.64. The number of carboxylic acid groups (broad SMARTS) is 1. The molecule has 2 heterocycles. The van der Waals surface area contributed by atoms with Gasteiger partial charge in [0.2, 0.25) is 5.91 Å². The van der Waals surface area contributed by atoms with Gasteiger partial charge in [-0.2, -0.15) is 0 Å². The number of benzene rings is 1. The summed E-state index contributed by atoms with van der Waals surface area (Å²) in [4.78, 5) is 27.8. The molecule has 0 aliphatic carbocycles. The molecule has 1 aromatic carbocycles. The molecule has 1 amide bonds. The van der Waals surface area contributed by atoms with Gasteiger partial charge in [-0.15, -0.1) is 0 Å². The number of likely N-dealkylation sites (tertiary alicyclic amines) is 1. The van der Waals surface area contributed by atoms with Crippen LogP contribution in [0, 0.1) is 5.92 Å². The van der Waals surface area contributed by atoms with Crippen LogP contribution in [0.4, 0.5) is 5.69 Å². The predicted octanol–water partition coefficient (Wildman–Crippen LogP) is 1.62. The number of hydrogen-bond acceptors (Lipinski definition) is 3. The van der Waals surface area contributed by atoms with Gasteiger partial charge in [0.25, 0.3) is 0 Å². The van der Waals surface area contributed by atoms with Crippen LogP contribution in [0.25, 0.3) is 0 Å². The molecule has 112 valence electrons. The highest BCUT2D eigenvalue weighted by Crippen LogP contribution is 2.30. The lowest BCUT2D eigenvalue weighted by atomic mass is 9.97. The lowest BCUT2D eigenvalue weighted by Gasteiger charge is -2.31. The molecule has 1 saturated heterocycles. The summed E-state index contributed by atoms with van der Waals surface area (Å²) in [5.41, 5.74) is 2.16. The maximum atomic E-state index is 12.7. The fourth-order valence-electron chi connectivity index (χ4n) is 3.32. The van der Waals surface area contributed by atoms with Crippen LogP contribution in [0.5, 0.6) is 0 Å². The Bertz CT molecular complexity index is 585. The number of carbonyl (C=O) groups excluding carboxylic acids is 1. The first-order chi connectivity index (χ1) is 10.1. The minimum atomic E-state index is -0.918. The molecule has 0 saturated carbocycles. The molecule has 21 heavy (non-hydrogen) atoms. The zero-order valence-corrected chi connectivity index (χ0v) is 12.2. The van der Waals surface area contributed by atoms with Crippen LogP contribution < -0.4 is 4.90 Å². The van der Waals surface area contributed by atoms with E-state index in [2.05, 4.69) is 4.90 Å². The van der Waals surface area contributed by atoms with Gasteiger partial charge in [-0.3, -0.25) is 4.79 Å². The Morgan fingerprint density at radius 2 is 2.10 bits per heavy atom. The standard InChI is InChI=1S/C16H20N2O3/c1-17-8-6-13(10-17)15(19)18-7-2-3-11-9-12(16(20)21)4-5-14(11)18/h4-5,9,13H,2-3,6-8,10H2,1H3,(H,20,21). The summed E-state index contributed by atoms with van der Waals surface area (Å²) in [5.74, 6) is -0.665. The molecule has 5 nitrogen and oxygen atoms in total. The molecule has 5 heteroatoms. The topological polar surface area (TPSA) is 60.9 Å². The predicted molar refractivity (Wildman–Crippen MR) is 79.7 cm³/mol. The third kappa shape index (κ3) is 2.65. The van der Waals surface area contributed by atoms with Gasteiger partial charge in [-0.1, -0.05) is 0 Å². The third-order valence-electron chi connectivity index (χ3n) is 4.45. The van der Waals surface area contributed by atoms with Crippen LogP contribution in [0.1, 0.15) is 28.8 Å². The monoisotopic (exact) mass is 288 g/mol.